The maximum atomic E-state index is 12.5. The molecule has 3 rings (SSSR count). The molecular weight excluding hydrogens is 318 g/mol. The number of aryl methyl sites for hydroxylation is 1. The molecule has 1 amide bonds. The Balaban J connectivity index is 1.75. The molecule has 0 unspecified atom stereocenters. The molecule has 1 aromatic heterocycles. The molecule has 2 heterocycles. The van der Waals surface area contributed by atoms with Crippen LogP contribution in [0.15, 0.2) is 0 Å². The topological polar surface area (TPSA) is 81.6 Å². The van der Waals surface area contributed by atoms with Gasteiger partial charge >= 0.3 is 0 Å². The molecule has 1 atom stereocenters. The molecule has 2 N–H and O–H groups in total. The summed E-state index contributed by atoms with van der Waals surface area (Å²) in [7, 11) is 4.19. The molecule has 1 aromatic rings. The van der Waals surface area contributed by atoms with Crippen molar-refractivity contribution in [2.24, 2.45) is 0 Å². The minimum atomic E-state index is -0.744. The lowest BCUT2D eigenvalue weighted by Gasteiger charge is -2.36. The van der Waals surface area contributed by atoms with Crippen LogP contribution in [-0.2, 0) is 0 Å². The van der Waals surface area contributed by atoms with Gasteiger partial charge in [-0.2, -0.15) is 0 Å². The van der Waals surface area contributed by atoms with Crippen molar-refractivity contribution in [1.29, 1.82) is 0 Å². The molecule has 2 aliphatic rings. The van der Waals surface area contributed by atoms with E-state index >= 15 is 0 Å². The summed E-state index contributed by atoms with van der Waals surface area (Å²) < 4.78 is 0. The molecule has 138 valence electrons. The van der Waals surface area contributed by atoms with Crippen LogP contribution in [0.5, 0.6) is 0 Å². The molecule has 1 saturated carbocycles. The van der Waals surface area contributed by atoms with E-state index in [2.05, 4.69) is 39.2 Å². The highest BCUT2D eigenvalue weighted by molar-refractivity contribution is 5.91. The summed E-state index contributed by atoms with van der Waals surface area (Å²) in [5, 5.41) is 12.9. The highest BCUT2D eigenvalue weighted by Crippen LogP contribution is 2.30. The molecule has 0 aromatic carbocycles. The zero-order valence-corrected chi connectivity index (χ0v) is 15.7. The van der Waals surface area contributed by atoms with Gasteiger partial charge in [0.2, 0.25) is 5.82 Å². The summed E-state index contributed by atoms with van der Waals surface area (Å²) >= 11 is 0. The van der Waals surface area contributed by atoms with Crippen LogP contribution in [0.25, 0.3) is 0 Å². The van der Waals surface area contributed by atoms with Crippen LogP contribution in [0.3, 0.4) is 0 Å². The van der Waals surface area contributed by atoms with E-state index in [-0.39, 0.29) is 18.3 Å². The first-order valence-electron chi connectivity index (χ1n) is 9.06. The number of nitrogens with zero attached hydrogens (tertiary/aromatic N) is 4. The first-order valence-corrected chi connectivity index (χ1v) is 9.06. The van der Waals surface area contributed by atoms with Gasteiger partial charge in [0, 0.05) is 36.9 Å². The van der Waals surface area contributed by atoms with Gasteiger partial charge in [0.25, 0.3) is 5.91 Å². The van der Waals surface area contributed by atoms with Crippen molar-refractivity contribution in [2.75, 3.05) is 38.6 Å². The number of hydrogen-bond donors (Lipinski definition) is 2. The average molecular weight is 347 g/mol. The molecule has 25 heavy (non-hydrogen) atoms. The van der Waals surface area contributed by atoms with Crippen LogP contribution in [0, 0.1) is 13.8 Å². The second-order valence-electron chi connectivity index (χ2n) is 7.69. The van der Waals surface area contributed by atoms with Crippen molar-refractivity contribution < 1.29 is 9.90 Å². The van der Waals surface area contributed by atoms with Gasteiger partial charge in [-0.05, 0) is 53.6 Å². The number of aliphatic hydroxyl groups is 1. The summed E-state index contributed by atoms with van der Waals surface area (Å²) in [5.41, 5.74) is 1.10. The molecular formula is C18H29N5O2. The minimum absolute atomic E-state index is 0.189. The van der Waals surface area contributed by atoms with Gasteiger partial charge in [-0.3, -0.25) is 4.79 Å². The summed E-state index contributed by atoms with van der Waals surface area (Å²) in [6, 6.07) is 0.500. The van der Waals surface area contributed by atoms with Gasteiger partial charge in [0.1, 0.15) is 5.82 Å². The number of anilines is 1. The Bertz CT molecular complexity index is 657. The highest BCUT2D eigenvalue weighted by atomic mass is 16.3. The number of carbonyl (C=O) groups is 1. The highest BCUT2D eigenvalue weighted by Gasteiger charge is 2.35. The number of likely N-dealkylation sites (N-methyl/N-ethyl adjacent to an activating group) is 1. The number of carbonyl (C=O) groups excluding carboxylic acids is 1. The van der Waals surface area contributed by atoms with E-state index in [1.54, 1.807) is 0 Å². The van der Waals surface area contributed by atoms with E-state index in [1.807, 2.05) is 13.8 Å². The first kappa shape index (κ1) is 18.1. The van der Waals surface area contributed by atoms with E-state index in [0.717, 1.165) is 55.8 Å². The van der Waals surface area contributed by atoms with Gasteiger partial charge in [0.15, 0.2) is 0 Å². The van der Waals surface area contributed by atoms with Crippen molar-refractivity contribution in [2.45, 2.75) is 51.2 Å². The van der Waals surface area contributed by atoms with Crippen LogP contribution in [0.1, 0.15) is 47.6 Å². The second kappa shape index (κ2) is 6.88. The van der Waals surface area contributed by atoms with E-state index in [0.29, 0.717) is 6.04 Å². The van der Waals surface area contributed by atoms with Crippen LogP contribution >= 0.6 is 0 Å². The number of nitrogens with one attached hydrogen (secondary N) is 1. The molecule has 2 fully saturated rings. The smallest absolute Gasteiger partial charge is 0.289 e. The molecule has 7 heteroatoms. The van der Waals surface area contributed by atoms with Crippen LogP contribution in [-0.4, -0.2) is 71.3 Å². The molecule has 1 saturated heterocycles. The van der Waals surface area contributed by atoms with Crippen molar-refractivity contribution in [3.8, 4) is 0 Å². The Morgan fingerprint density at radius 1 is 1.36 bits per heavy atom. The lowest BCUT2D eigenvalue weighted by atomic mass is 9.80. The monoisotopic (exact) mass is 347 g/mol. The fraction of sp³-hybridized carbons (Fsp3) is 0.722. The van der Waals surface area contributed by atoms with E-state index in [1.165, 1.54) is 0 Å². The zero-order valence-electron chi connectivity index (χ0n) is 15.7. The average Bonchev–Trinajstić information content (AvgIpc) is 3.03. The van der Waals surface area contributed by atoms with Crippen molar-refractivity contribution in [1.82, 2.24) is 20.2 Å². The maximum Gasteiger partial charge on any atom is 0.289 e. The summed E-state index contributed by atoms with van der Waals surface area (Å²) in [4.78, 5) is 25.9. The van der Waals surface area contributed by atoms with Crippen LogP contribution < -0.4 is 10.2 Å². The second-order valence-corrected chi connectivity index (χ2v) is 7.69. The number of hydrogen-bond acceptors (Lipinski definition) is 6. The van der Waals surface area contributed by atoms with Gasteiger partial charge in [-0.25, -0.2) is 9.97 Å². The van der Waals surface area contributed by atoms with Crippen LogP contribution in [0.4, 0.5) is 5.82 Å². The zero-order chi connectivity index (χ0) is 18.2. The molecule has 1 aliphatic carbocycles. The molecule has 1 aliphatic heterocycles. The third-order valence-corrected chi connectivity index (χ3v) is 5.62. The Morgan fingerprint density at radius 2 is 2.08 bits per heavy atom. The van der Waals surface area contributed by atoms with Gasteiger partial charge in [0.05, 0.1) is 5.60 Å². The standard InChI is InChI=1S/C18H29N5O2/c1-12-13(2)20-15(17(24)19-11-18(25)7-5-8-18)21-16(12)23-9-6-14(10-23)22(3)4/h14,25H,5-11H2,1-4H3,(H,19,24)/t14-/m1/s1. The normalized spacial score (nSPS) is 22.2. The van der Waals surface area contributed by atoms with Crippen molar-refractivity contribution in [3.05, 3.63) is 17.1 Å². The third-order valence-electron chi connectivity index (χ3n) is 5.62. The van der Waals surface area contributed by atoms with Crippen LogP contribution in [0.2, 0.25) is 0 Å². The first-order chi connectivity index (χ1) is 11.8. The SMILES string of the molecule is Cc1nc(C(=O)NCC2(O)CCC2)nc(N2CC[C@@H](N(C)C)C2)c1C. The summed E-state index contributed by atoms with van der Waals surface area (Å²) in [6.07, 6.45) is 3.58. The van der Waals surface area contributed by atoms with Gasteiger partial charge < -0.3 is 20.2 Å². The van der Waals surface area contributed by atoms with E-state index in [4.69, 9.17) is 0 Å². The molecule has 0 radical (unpaired) electrons. The summed E-state index contributed by atoms with van der Waals surface area (Å²) in [6.45, 7) is 6.03. The van der Waals surface area contributed by atoms with Crippen molar-refractivity contribution >= 4 is 11.7 Å². The Kier molecular flexibility index (Phi) is 4.97. The van der Waals surface area contributed by atoms with Crippen molar-refractivity contribution in [3.63, 3.8) is 0 Å². The van der Waals surface area contributed by atoms with Gasteiger partial charge in [-0.1, -0.05) is 0 Å². The predicted octanol–water partition coefficient (Wildman–Crippen LogP) is 0.879. The lowest BCUT2D eigenvalue weighted by molar-refractivity contribution is -0.0301. The predicted molar refractivity (Wildman–Crippen MR) is 96.9 cm³/mol. The molecule has 7 nitrogen and oxygen atoms in total. The largest absolute Gasteiger partial charge is 0.388 e. The fourth-order valence-electron chi connectivity index (χ4n) is 3.46. The number of aromatic nitrogens is 2. The molecule has 0 spiro atoms. The quantitative estimate of drug-likeness (QED) is 0.823. The summed E-state index contributed by atoms with van der Waals surface area (Å²) in [5.74, 6) is 0.728. The van der Waals surface area contributed by atoms with Gasteiger partial charge in [-0.15, -0.1) is 0 Å². The number of amides is 1. The minimum Gasteiger partial charge on any atom is -0.388 e. The molecule has 0 bridgehead atoms. The Morgan fingerprint density at radius 3 is 2.64 bits per heavy atom. The number of rotatable bonds is 5. The van der Waals surface area contributed by atoms with E-state index in [9.17, 15) is 9.90 Å². The Labute approximate surface area is 149 Å². The fourth-order valence-corrected chi connectivity index (χ4v) is 3.46. The Hall–Kier alpha value is -1.73. The van der Waals surface area contributed by atoms with E-state index < -0.39 is 5.60 Å². The maximum absolute atomic E-state index is 12.5. The lowest BCUT2D eigenvalue weighted by Crippen LogP contribution is -2.48. The third kappa shape index (κ3) is 3.77.